The van der Waals surface area contributed by atoms with E-state index >= 15 is 0 Å². The summed E-state index contributed by atoms with van der Waals surface area (Å²) in [5, 5.41) is 8.39. The van der Waals surface area contributed by atoms with Crippen molar-refractivity contribution < 1.29 is 14.6 Å². The standard InChI is InChI=1S/C7H12O3/c1-4(3-6(8)9)7-5(2)10-7/h4-5,7H,3H2,1-2H3,(H,8,9). The number of aliphatic carboxylic acids is 1. The third-order valence-corrected chi connectivity index (χ3v) is 1.82. The van der Waals surface area contributed by atoms with E-state index in [-0.39, 0.29) is 24.5 Å². The van der Waals surface area contributed by atoms with E-state index in [1.54, 1.807) is 0 Å². The molecule has 0 aromatic carbocycles. The molecule has 1 fully saturated rings. The molecule has 0 saturated carbocycles. The van der Waals surface area contributed by atoms with E-state index in [4.69, 9.17) is 9.84 Å². The molecule has 1 saturated heterocycles. The van der Waals surface area contributed by atoms with E-state index < -0.39 is 5.97 Å². The summed E-state index contributed by atoms with van der Waals surface area (Å²) in [6, 6.07) is 0. The van der Waals surface area contributed by atoms with Gasteiger partial charge in [0, 0.05) is 0 Å². The van der Waals surface area contributed by atoms with Crippen LogP contribution in [0.5, 0.6) is 0 Å². The van der Waals surface area contributed by atoms with Gasteiger partial charge >= 0.3 is 5.97 Å². The van der Waals surface area contributed by atoms with Crippen LogP contribution in [0.3, 0.4) is 0 Å². The topological polar surface area (TPSA) is 49.8 Å². The van der Waals surface area contributed by atoms with Gasteiger partial charge in [0.25, 0.3) is 0 Å². The molecule has 0 spiro atoms. The van der Waals surface area contributed by atoms with Crippen molar-refractivity contribution in [2.75, 3.05) is 0 Å². The van der Waals surface area contributed by atoms with Crippen molar-refractivity contribution in [3.05, 3.63) is 0 Å². The highest BCUT2D eigenvalue weighted by molar-refractivity contribution is 5.67. The highest BCUT2D eigenvalue weighted by atomic mass is 16.6. The van der Waals surface area contributed by atoms with Crippen LogP contribution < -0.4 is 0 Å². The summed E-state index contributed by atoms with van der Waals surface area (Å²) in [6.07, 6.45) is 0.681. The zero-order valence-corrected chi connectivity index (χ0v) is 6.20. The van der Waals surface area contributed by atoms with Crippen molar-refractivity contribution in [2.45, 2.75) is 32.5 Å². The third-order valence-electron chi connectivity index (χ3n) is 1.82. The minimum atomic E-state index is -0.741. The molecule has 3 unspecified atom stereocenters. The van der Waals surface area contributed by atoms with Crippen LogP contribution in [-0.2, 0) is 9.53 Å². The lowest BCUT2D eigenvalue weighted by Crippen LogP contribution is -2.11. The molecule has 1 aliphatic heterocycles. The maximum atomic E-state index is 10.2. The Bertz CT molecular complexity index is 144. The van der Waals surface area contributed by atoms with Crippen molar-refractivity contribution in [3.8, 4) is 0 Å². The predicted molar refractivity (Wildman–Crippen MR) is 35.8 cm³/mol. The Morgan fingerprint density at radius 3 is 2.60 bits per heavy atom. The molecule has 1 aliphatic rings. The number of rotatable bonds is 3. The molecule has 3 nitrogen and oxygen atoms in total. The normalized spacial score (nSPS) is 33.4. The number of ether oxygens (including phenoxy) is 1. The van der Waals surface area contributed by atoms with Crippen LogP contribution in [0, 0.1) is 5.92 Å². The average Bonchev–Trinajstić information content (AvgIpc) is 2.44. The van der Waals surface area contributed by atoms with Crippen LogP contribution in [0.2, 0.25) is 0 Å². The van der Waals surface area contributed by atoms with Crippen LogP contribution in [0.15, 0.2) is 0 Å². The molecule has 0 radical (unpaired) electrons. The number of hydrogen-bond acceptors (Lipinski definition) is 2. The smallest absolute Gasteiger partial charge is 0.303 e. The highest BCUT2D eigenvalue weighted by Crippen LogP contribution is 2.30. The van der Waals surface area contributed by atoms with Crippen LogP contribution in [0.25, 0.3) is 0 Å². The summed E-state index contributed by atoms with van der Waals surface area (Å²) in [5.41, 5.74) is 0. The number of carbonyl (C=O) groups is 1. The fourth-order valence-electron chi connectivity index (χ4n) is 1.19. The number of carboxylic acid groups (broad SMARTS) is 1. The summed E-state index contributed by atoms with van der Waals surface area (Å²) in [6.45, 7) is 3.87. The molecule has 0 bridgehead atoms. The van der Waals surface area contributed by atoms with Gasteiger partial charge in [-0.15, -0.1) is 0 Å². The van der Waals surface area contributed by atoms with Crippen molar-refractivity contribution in [3.63, 3.8) is 0 Å². The van der Waals surface area contributed by atoms with Crippen LogP contribution in [0.1, 0.15) is 20.3 Å². The molecule has 1 heterocycles. The van der Waals surface area contributed by atoms with Crippen LogP contribution in [-0.4, -0.2) is 23.3 Å². The quantitative estimate of drug-likeness (QED) is 0.598. The van der Waals surface area contributed by atoms with Gasteiger partial charge < -0.3 is 9.84 Å². The molecule has 1 rings (SSSR count). The summed E-state index contributed by atoms with van der Waals surface area (Å²) in [4.78, 5) is 10.2. The molecular weight excluding hydrogens is 132 g/mol. The highest BCUT2D eigenvalue weighted by Gasteiger charge is 2.39. The van der Waals surface area contributed by atoms with Crippen LogP contribution in [0.4, 0.5) is 0 Å². The third kappa shape index (κ3) is 1.70. The molecule has 3 heteroatoms. The molecule has 10 heavy (non-hydrogen) atoms. The molecule has 3 atom stereocenters. The first kappa shape index (κ1) is 7.54. The van der Waals surface area contributed by atoms with Gasteiger partial charge in [-0.2, -0.15) is 0 Å². The Labute approximate surface area is 60.0 Å². The summed E-state index contributed by atoms with van der Waals surface area (Å²) in [5.74, 6) is -0.581. The van der Waals surface area contributed by atoms with E-state index in [0.29, 0.717) is 0 Å². The van der Waals surface area contributed by atoms with E-state index in [1.807, 2.05) is 13.8 Å². The lowest BCUT2D eigenvalue weighted by molar-refractivity contribution is -0.138. The van der Waals surface area contributed by atoms with Gasteiger partial charge in [0.2, 0.25) is 0 Å². The molecule has 58 valence electrons. The Hall–Kier alpha value is -0.570. The van der Waals surface area contributed by atoms with Crippen molar-refractivity contribution in [1.82, 2.24) is 0 Å². The van der Waals surface area contributed by atoms with Crippen molar-refractivity contribution in [1.29, 1.82) is 0 Å². The molecule has 0 aromatic heterocycles. The Morgan fingerprint density at radius 2 is 2.30 bits per heavy atom. The fourth-order valence-corrected chi connectivity index (χ4v) is 1.19. The summed E-state index contributed by atoms with van der Waals surface area (Å²) in [7, 11) is 0. The zero-order valence-electron chi connectivity index (χ0n) is 6.20. The van der Waals surface area contributed by atoms with Gasteiger partial charge in [-0.1, -0.05) is 6.92 Å². The lowest BCUT2D eigenvalue weighted by Gasteiger charge is -2.01. The largest absolute Gasteiger partial charge is 0.481 e. The van der Waals surface area contributed by atoms with E-state index in [1.165, 1.54) is 0 Å². The number of carboxylic acids is 1. The second-order valence-electron chi connectivity index (χ2n) is 2.88. The minimum absolute atomic E-state index is 0.160. The van der Waals surface area contributed by atoms with Crippen molar-refractivity contribution >= 4 is 5.97 Å². The SMILES string of the molecule is CC(CC(=O)O)C1OC1C. The van der Waals surface area contributed by atoms with Gasteiger partial charge in [-0.05, 0) is 12.8 Å². The monoisotopic (exact) mass is 144 g/mol. The predicted octanol–water partition coefficient (Wildman–Crippen LogP) is 0.884. The van der Waals surface area contributed by atoms with Gasteiger partial charge in [0.15, 0.2) is 0 Å². The van der Waals surface area contributed by atoms with Gasteiger partial charge in [0.1, 0.15) is 0 Å². The first-order valence-electron chi connectivity index (χ1n) is 3.48. The maximum absolute atomic E-state index is 10.2. The lowest BCUT2D eigenvalue weighted by atomic mass is 10.0. The molecule has 0 aromatic rings. The zero-order chi connectivity index (χ0) is 7.72. The van der Waals surface area contributed by atoms with Crippen molar-refractivity contribution in [2.24, 2.45) is 5.92 Å². The summed E-state index contributed by atoms with van der Waals surface area (Å²) < 4.78 is 5.12. The van der Waals surface area contributed by atoms with Crippen LogP contribution >= 0.6 is 0 Å². The molecular formula is C7H12O3. The number of hydrogen-bond donors (Lipinski definition) is 1. The van der Waals surface area contributed by atoms with E-state index in [0.717, 1.165) is 0 Å². The summed E-state index contributed by atoms with van der Waals surface area (Å²) >= 11 is 0. The Kier molecular flexibility index (Phi) is 1.94. The second kappa shape index (κ2) is 2.58. The maximum Gasteiger partial charge on any atom is 0.303 e. The van der Waals surface area contributed by atoms with E-state index in [2.05, 4.69) is 0 Å². The van der Waals surface area contributed by atoms with Gasteiger partial charge in [-0.25, -0.2) is 0 Å². The van der Waals surface area contributed by atoms with Gasteiger partial charge in [0.05, 0.1) is 18.6 Å². The minimum Gasteiger partial charge on any atom is -0.481 e. The number of epoxide rings is 1. The second-order valence-corrected chi connectivity index (χ2v) is 2.88. The Balaban J connectivity index is 2.22. The average molecular weight is 144 g/mol. The fraction of sp³-hybridized carbons (Fsp3) is 0.857. The van der Waals surface area contributed by atoms with Gasteiger partial charge in [-0.3, -0.25) is 4.79 Å². The molecule has 0 amide bonds. The first-order valence-corrected chi connectivity index (χ1v) is 3.48. The molecule has 1 N–H and O–H groups in total. The first-order chi connectivity index (χ1) is 4.61. The Morgan fingerprint density at radius 1 is 1.80 bits per heavy atom. The molecule has 0 aliphatic carbocycles. The van der Waals surface area contributed by atoms with E-state index in [9.17, 15) is 4.79 Å².